The van der Waals surface area contributed by atoms with Gasteiger partial charge in [0.2, 0.25) is 12.8 Å². The van der Waals surface area contributed by atoms with Crippen molar-refractivity contribution in [1.82, 2.24) is 0 Å². The first-order valence-corrected chi connectivity index (χ1v) is 10.4. The number of anilines is 2. The Kier molecular flexibility index (Phi) is 6.78. The van der Waals surface area contributed by atoms with E-state index in [-0.39, 0.29) is 0 Å². The van der Waals surface area contributed by atoms with Crippen molar-refractivity contribution in [2.45, 2.75) is 41.5 Å². The third-order valence-electron chi connectivity index (χ3n) is 4.92. The molecule has 0 bridgehead atoms. The van der Waals surface area contributed by atoms with E-state index in [2.05, 4.69) is 13.8 Å². The second kappa shape index (κ2) is 8.64. The fourth-order valence-electron chi connectivity index (χ4n) is 2.66. The van der Waals surface area contributed by atoms with E-state index in [1.54, 1.807) is 8.61 Å². The van der Waals surface area contributed by atoms with Crippen molar-refractivity contribution in [3.05, 3.63) is 57.6 Å². The highest BCUT2D eigenvalue weighted by molar-refractivity contribution is 8.78. The quantitative estimate of drug-likeness (QED) is 0.363. The Balaban J connectivity index is 2.24. The SMILES string of the molecule is Cc1ccc(N(C=O)SSN(C=O)c2ccc(C)c(C)c2C)c(C)c1C. The largest absolute Gasteiger partial charge is 0.277 e. The Labute approximate surface area is 163 Å². The first-order valence-electron chi connectivity index (χ1n) is 8.29. The van der Waals surface area contributed by atoms with Gasteiger partial charge >= 0.3 is 0 Å². The minimum absolute atomic E-state index is 0.783. The number of carbonyl (C=O) groups is 2. The van der Waals surface area contributed by atoms with E-state index in [1.165, 1.54) is 33.1 Å². The van der Waals surface area contributed by atoms with Crippen LogP contribution >= 0.6 is 22.0 Å². The van der Waals surface area contributed by atoms with Crippen molar-refractivity contribution in [3.8, 4) is 0 Å². The monoisotopic (exact) mass is 388 g/mol. The number of aryl methyl sites for hydroxylation is 2. The average Bonchev–Trinajstić information content (AvgIpc) is 2.63. The van der Waals surface area contributed by atoms with Crippen LogP contribution in [-0.4, -0.2) is 12.8 Å². The second-order valence-electron chi connectivity index (χ2n) is 6.31. The molecule has 2 rings (SSSR count). The number of amides is 2. The van der Waals surface area contributed by atoms with Gasteiger partial charge in [-0.3, -0.25) is 9.59 Å². The summed E-state index contributed by atoms with van der Waals surface area (Å²) in [7, 11) is 2.45. The third-order valence-corrected chi connectivity index (χ3v) is 7.04. The van der Waals surface area contributed by atoms with Crippen LogP contribution in [-0.2, 0) is 9.59 Å². The van der Waals surface area contributed by atoms with Crippen molar-refractivity contribution in [3.63, 3.8) is 0 Å². The molecule has 0 saturated carbocycles. The van der Waals surface area contributed by atoms with Gasteiger partial charge in [-0.05, 0) is 87.1 Å². The van der Waals surface area contributed by atoms with Gasteiger partial charge in [0.05, 0.1) is 33.3 Å². The highest BCUT2D eigenvalue weighted by Crippen LogP contribution is 2.39. The maximum atomic E-state index is 11.6. The van der Waals surface area contributed by atoms with Gasteiger partial charge < -0.3 is 0 Å². The van der Waals surface area contributed by atoms with Crippen molar-refractivity contribution in [2.24, 2.45) is 0 Å². The molecule has 0 atom stereocenters. The summed E-state index contributed by atoms with van der Waals surface area (Å²) < 4.78 is 3.11. The Morgan fingerprint density at radius 1 is 0.615 bits per heavy atom. The molecule has 0 saturated heterocycles. The number of benzene rings is 2. The molecule has 0 radical (unpaired) electrons. The highest BCUT2D eigenvalue weighted by atomic mass is 33.1. The first-order chi connectivity index (χ1) is 12.3. The summed E-state index contributed by atoms with van der Waals surface area (Å²) in [5.41, 5.74) is 8.50. The van der Waals surface area contributed by atoms with Crippen LogP contribution in [0.25, 0.3) is 0 Å². The van der Waals surface area contributed by atoms with Crippen LogP contribution in [0.15, 0.2) is 24.3 Å². The van der Waals surface area contributed by atoms with Gasteiger partial charge in [-0.2, -0.15) is 0 Å². The molecule has 0 unspecified atom stereocenters. The van der Waals surface area contributed by atoms with E-state index in [4.69, 9.17) is 0 Å². The smallest absolute Gasteiger partial charge is 0.224 e. The average molecular weight is 389 g/mol. The van der Waals surface area contributed by atoms with Crippen LogP contribution in [0.1, 0.15) is 33.4 Å². The standard InChI is InChI=1S/C20H24N2O2S2/c1-13-7-9-19(17(5)15(13)3)21(11-23)25-26-22(12-24)20-10-8-14(2)16(4)18(20)6/h7-12H,1-6H3. The molecule has 0 aliphatic heterocycles. The molecule has 0 spiro atoms. The minimum Gasteiger partial charge on any atom is -0.277 e. The van der Waals surface area contributed by atoms with Crippen LogP contribution < -0.4 is 8.61 Å². The van der Waals surface area contributed by atoms with Crippen LogP contribution in [0, 0.1) is 41.5 Å². The number of nitrogens with zero attached hydrogens (tertiary/aromatic N) is 2. The molecular formula is C20H24N2O2S2. The topological polar surface area (TPSA) is 40.6 Å². The molecule has 2 amide bonds. The predicted octanol–water partition coefficient (Wildman–Crippen LogP) is 5.37. The molecule has 138 valence electrons. The molecule has 2 aromatic carbocycles. The summed E-state index contributed by atoms with van der Waals surface area (Å²) in [5, 5.41) is 0. The van der Waals surface area contributed by atoms with E-state index in [1.807, 2.05) is 52.0 Å². The van der Waals surface area contributed by atoms with Gasteiger partial charge in [-0.1, -0.05) is 12.1 Å². The molecule has 26 heavy (non-hydrogen) atoms. The molecule has 0 N–H and O–H groups in total. The molecule has 0 aliphatic rings. The number of hydrogen-bond acceptors (Lipinski definition) is 4. The third kappa shape index (κ3) is 4.07. The second-order valence-corrected chi connectivity index (χ2v) is 8.29. The van der Waals surface area contributed by atoms with Crippen LogP contribution in [0.3, 0.4) is 0 Å². The molecular weight excluding hydrogens is 364 g/mol. The number of rotatable bonds is 7. The predicted molar refractivity (Wildman–Crippen MR) is 114 cm³/mol. The van der Waals surface area contributed by atoms with E-state index >= 15 is 0 Å². The Morgan fingerprint density at radius 3 is 1.27 bits per heavy atom. The summed E-state index contributed by atoms with van der Waals surface area (Å²) >= 11 is 0. The van der Waals surface area contributed by atoms with Gasteiger partial charge in [0.1, 0.15) is 0 Å². The van der Waals surface area contributed by atoms with E-state index in [9.17, 15) is 9.59 Å². The Bertz CT molecular complexity index is 768. The molecule has 0 fully saturated rings. The van der Waals surface area contributed by atoms with Crippen molar-refractivity contribution in [1.29, 1.82) is 0 Å². The first kappa shape index (κ1) is 20.4. The minimum atomic E-state index is 0.783. The summed E-state index contributed by atoms with van der Waals surface area (Å²) in [6, 6.07) is 7.88. The van der Waals surface area contributed by atoms with E-state index in [0.29, 0.717) is 0 Å². The zero-order chi connectivity index (χ0) is 19.4. The fourth-order valence-corrected chi connectivity index (χ4v) is 4.56. The lowest BCUT2D eigenvalue weighted by atomic mass is 10.0. The van der Waals surface area contributed by atoms with Crippen LogP contribution in [0.5, 0.6) is 0 Å². The lowest BCUT2D eigenvalue weighted by Crippen LogP contribution is -2.17. The fraction of sp³-hybridized carbons (Fsp3) is 0.300. The van der Waals surface area contributed by atoms with E-state index in [0.717, 1.165) is 46.4 Å². The van der Waals surface area contributed by atoms with E-state index < -0.39 is 0 Å². The summed E-state index contributed by atoms with van der Waals surface area (Å²) in [5.74, 6) is 0. The lowest BCUT2D eigenvalue weighted by Gasteiger charge is -2.24. The maximum Gasteiger partial charge on any atom is 0.224 e. The summed E-state index contributed by atoms with van der Waals surface area (Å²) in [6.45, 7) is 12.2. The number of hydrogen-bond donors (Lipinski definition) is 0. The molecule has 0 aromatic heterocycles. The molecule has 4 nitrogen and oxygen atoms in total. The van der Waals surface area contributed by atoms with Crippen molar-refractivity contribution in [2.75, 3.05) is 8.61 Å². The van der Waals surface area contributed by atoms with Crippen molar-refractivity contribution < 1.29 is 9.59 Å². The van der Waals surface area contributed by atoms with Gasteiger partial charge in [0.15, 0.2) is 0 Å². The summed E-state index contributed by atoms with van der Waals surface area (Å²) in [6.07, 6.45) is 1.57. The van der Waals surface area contributed by atoms with Crippen molar-refractivity contribution >= 4 is 46.2 Å². The normalized spacial score (nSPS) is 10.5. The molecule has 6 heteroatoms. The zero-order valence-electron chi connectivity index (χ0n) is 16.0. The zero-order valence-corrected chi connectivity index (χ0v) is 17.6. The van der Waals surface area contributed by atoms with Gasteiger partial charge in [-0.25, -0.2) is 8.61 Å². The van der Waals surface area contributed by atoms with Crippen LogP contribution in [0.4, 0.5) is 11.4 Å². The summed E-state index contributed by atoms with van der Waals surface area (Å²) in [4.78, 5) is 23.3. The lowest BCUT2D eigenvalue weighted by molar-refractivity contribution is -0.107. The molecule has 0 aliphatic carbocycles. The Morgan fingerprint density at radius 2 is 0.962 bits per heavy atom. The highest BCUT2D eigenvalue weighted by Gasteiger charge is 2.17. The van der Waals surface area contributed by atoms with Crippen LogP contribution in [0.2, 0.25) is 0 Å². The maximum absolute atomic E-state index is 11.6. The molecule has 2 aromatic rings. The van der Waals surface area contributed by atoms with Gasteiger partial charge in [0.25, 0.3) is 0 Å². The number of carbonyl (C=O) groups excluding carboxylic acids is 2. The van der Waals surface area contributed by atoms with Gasteiger partial charge in [0, 0.05) is 0 Å². The Hall–Kier alpha value is -1.92. The van der Waals surface area contributed by atoms with Gasteiger partial charge in [-0.15, -0.1) is 0 Å². The molecule has 0 heterocycles.